The van der Waals surface area contributed by atoms with Crippen molar-refractivity contribution in [1.82, 2.24) is 10.5 Å². The molecule has 3 nitrogen and oxygen atoms in total. The molecular formula is C13H13ClN2OS. The average Bonchev–Trinajstić information content (AvgIpc) is 2.89. The van der Waals surface area contributed by atoms with E-state index in [1.807, 2.05) is 23.9 Å². The molecule has 1 atom stereocenters. The number of aromatic nitrogens is 1. The van der Waals surface area contributed by atoms with Crippen LogP contribution in [0.15, 0.2) is 39.9 Å². The predicted octanol–water partition coefficient (Wildman–Crippen LogP) is 3.65. The van der Waals surface area contributed by atoms with Crippen LogP contribution in [0.3, 0.4) is 0 Å². The van der Waals surface area contributed by atoms with Crippen molar-refractivity contribution in [2.75, 3.05) is 5.75 Å². The zero-order valence-corrected chi connectivity index (χ0v) is 11.3. The van der Waals surface area contributed by atoms with Gasteiger partial charge in [0.05, 0.1) is 12.7 Å². The van der Waals surface area contributed by atoms with Gasteiger partial charge in [-0.05, 0) is 35.9 Å². The number of halogens is 1. The lowest BCUT2D eigenvalue weighted by atomic mass is 10.0. The molecule has 3 rings (SSSR count). The minimum absolute atomic E-state index is 0.338. The molecule has 0 aliphatic carbocycles. The molecular weight excluding hydrogens is 268 g/mol. The van der Waals surface area contributed by atoms with E-state index in [1.54, 1.807) is 6.20 Å². The highest BCUT2D eigenvalue weighted by Gasteiger charge is 2.20. The zero-order valence-electron chi connectivity index (χ0n) is 9.73. The van der Waals surface area contributed by atoms with Gasteiger partial charge in [-0.1, -0.05) is 16.8 Å². The van der Waals surface area contributed by atoms with Crippen LogP contribution in [0, 0.1) is 0 Å². The van der Waals surface area contributed by atoms with Crippen molar-refractivity contribution in [2.45, 2.75) is 23.9 Å². The second-order valence-corrected chi connectivity index (χ2v) is 5.80. The molecule has 0 fully saturated rings. The SMILES string of the molecule is Clc1ccc2c(c1)C(NCc1ccno1)CCS2. The van der Waals surface area contributed by atoms with Gasteiger partial charge in [0.25, 0.3) is 0 Å². The van der Waals surface area contributed by atoms with Crippen molar-refractivity contribution in [2.24, 2.45) is 0 Å². The molecule has 2 heterocycles. The highest BCUT2D eigenvalue weighted by atomic mass is 35.5. The van der Waals surface area contributed by atoms with Crippen LogP contribution in [-0.2, 0) is 6.54 Å². The number of nitrogens with zero attached hydrogens (tertiary/aromatic N) is 1. The molecule has 0 radical (unpaired) electrons. The maximum absolute atomic E-state index is 6.08. The molecule has 18 heavy (non-hydrogen) atoms. The first kappa shape index (κ1) is 12.1. The lowest BCUT2D eigenvalue weighted by Gasteiger charge is -2.25. The molecule has 0 saturated carbocycles. The number of rotatable bonds is 3. The number of hydrogen-bond acceptors (Lipinski definition) is 4. The van der Waals surface area contributed by atoms with E-state index >= 15 is 0 Å². The van der Waals surface area contributed by atoms with Gasteiger partial charge in [0.15, 0.2) is 0 Å². The molecule has 2 aromatic rings. The summed E-state index contributed by atoms with van der Waals surface area (Å²) in [6, 6.07) is 8.33. The van der Waals surface area contributed by atoms with E-state index in [-0.39, 0.29) is 0 Å². The van der Waals surface area contributed by atoms with Crippen LogP contribution in [0.25, 0.3) is 0 Å². The predicted molar refractivity (Wildman–Crippen MR) is 72.9 cm³/mol. The van der Waals surface area contributed by atoms with Crippen molar-refractivity contribution >= 4 is 23.4 Å². The van der Waals surface area contributed by atoms with E-state index in [4.69, 9.17) is 16.1 Å². The van der Waals surface area contributed by atoms with Crippen LogP contribution < -0.4 is 5.32 Å². The summed E-state index contributed by atoms with van der Waals surface area (Å²) in [5, 5.41) is 8.00. The zero-order chi connectivity index (χ0) is 12.4. The number of hydrogen-bond donors (Lipinski definition) is 1. The first-order valence-corrected chi connectivity index (χ1v) is 7.24. The van der Waals surface area contributed by atoms with Crippen LogP contribution in [0.5, 0.6) is 0 Å². The normalized spacial score (nSPS) is 18.6. The lowest BCUT2D eigenvalue weighted by Crippen LogP contribution is -2.24. The third kappa shape index (κ3) is 2.55. The molecule has 0 spiro atoms. The van der Waals surface area contributed by atoms with Crippen molar-refractivity contribution in [1.29, 1.82) is 0 Å². The van der Waals surface area contributed by atoms with Crippen LogP contribution in [0.2, 0.25) is 5.02 Å². The highest BCUT2D eigenvalue weighted by molar-refractivity contribution is 7.99. The minimum Gasteiger partial charge on any atom is -0.360 e. The van der Waals surface area contributed by atoms with Crippen LogP contribution in [0.1, 0.15) is 23.8 Å². The maximum atomic E-state index is 6.08. The van der Waals surface area contributed by atoms with E-state index in [0.29, 0.717) is 12.6 Å². The van der Waals surface area contributed by atoms with Crippen molar-refractivity contribution in [3.63, 3.8) is 0 Å². The smallest absolute Gasteiger partial charge is 0.150 e. The van der Waals surface area contributed by atoms with Gasteiger partial charge in [0, 0.05) is 22.0 Å². The fourth-order valence-corrected chi connectivity index (χ4v) is 3.42. The summed E-state index contributed by atoms with van der Waals surface area (Å²) in [5.74, 6) is 1.99. The Balaban J connectivity index is 1.76. The summed E-state index contributed by atoms with van der Waals surface area (Å²) in [6.45, 7) is 0.696. The standard InChI is InChI=1S/C13H13ClN2OS/c14-9-1-2-13-11(7-9)12(4-6-18-13)15-8-10-3-5-16-17-10/h1-3,5,7,12,15H,4,6,8H2. The quantitative estimate of drug-likeness (QED) is 0.931. The van der Waals surface area contributed by atoms with Crippen LogP contribution >= 0.6 is 23.4 Å². The maximum Gasteiger partial charge on any atom is 0.150 e. The fourth-order valence-electron chi connectivity index (χ4n) is 2.13. The van der Waals surface area contributed by atoms with Crippen molar-refractivity contribution in [3.8, 4) is 0 Å². The molecule has 1 N–H and O–H groups in total. The number of fused-ring (bicyclic) bond motifs is 1. The molecule has 1 aromatic heterocycles. The Hall–Kier alpha value is -0.970. The first-order chi connectivity index (χ1) is 8.83. The topological polar surface area (TPSA) is 38.1 Å². The minimum atomic E-state index is 0.338. The second kappa shape index (κ2) is 5.34. The Kier molecular flexibility index (Phi) is 3.59. The monoisotopic (exact) mass is 280 g/mol. The average molecular weight is 281 g/mol. The Morgan fingerprint density at radius 2 is 2.39 bits per heavy atom. The molecule has 0 bridgehead atoms. The van der Waals surface area contributed by atoms with Crippen molar-refractivity contribution < 1.29 is 4.52 Å². The largest absolute Gasteiger partial charge is 0.360 e. The number of thioether (sulfide) groups is 1. The van der Waals surface area contributed by atoms with Gasteiger partial charge in [-0.2, -0.15) is 0 Å². The summed E-state index contributed by atoms with van der Waals surface area (Å²) in [5.41, 5.74) is 1.29. The van der Waals surface area contributed by atoms with E-state index in [9.17, 15) is 0 Å². The summed E-state index contributed by atoms with van der Waals surface area (Å²) in [6.07, 6.45) is 2.77. The van der Waals surface area contributed by atoms with E-state index in [2.05, 4.69) is 22.6 Å². The van der Waals surface area contributed by atoms with Gasteiger partial charge < -0.3 is 9.84 Å². The van der Waals surface area contributed by atoms with Crippen LogP contribution in [-0.4, -0.2) is 10.9 Å². The molecule has 94 valence electrons. The molecule has 1 aliphatic rings. The molecule has 0 amide bonds. The van der Waals surface area contributed by atoms with E-state index in [0.717, 1.165) is 23.0 Å². The molecule has 0 saturated heterocycles. The van der Waals surface area contributed by atoms with Crippen LogP contribution in [0.4, 0.5) is 0 Å². The first-order valence-electron chi connectivity index (χ1n) is 5.88. The van der Waals surface area contributed by atoms with Gasteiger partial charge in [0.2, 0.25) is 0 Å². The number of benzene rings is 1. The highest BCUT2D eigenvalue weighted by Crippen LogP contribution is 2.37. The third-order valence-corrected chi connectivity index (χ3v) is 4.38. The van der Waals surface area contributed by atoms with E-state index in [1.165, 1.54) is 10.5 Å². The number of nitrogens with one attached hydrogen (secondary N) is 1. The summed E-state index contributed by atoms with van der Waals surface area (Å²) in [7, 11) is 0. The molecule has 1 unspecified atom stereocenters. The molecule has 1 aliphatic heterocycles. The summed E-state index contributed by atoms with van der Waals surface area (Å²) >= 11 is 7.97. The fraction of sp³-hybridized carbons (Fsp3) is 0.308. The van der Waals surface area contributed by atoms with Gasteiger partial charge in [-0.15, -0.1) is 11.8 Å². The third-order valence-electron chi connectivity index (χ3n) is 3.03. The van der Waals surface area contributed by atoms with Gasteiger partial charge >= 0.3 is 0 Å². The van der Waals surface area contributed by atoms with Crippen molar-refractivity contribution in [3.05, 3.63) is 46.8 Å². The summed E-state index contributed by atoms with van der Waals surface area (Å²) < 4.78 is 5.09. The second-order valence-electron chi connectivity index (χ2n) is 4.23. The van der Waals surface area contributed by atoms with Gasteiger partial charge in [-0.25, -0.2) is 0 Å². The Bertz CT molecular complexity index is 530. The van der Waals surface area contributed by atoms with Gasteiger partial charge in [0.1, 0.15) is 5.76 Å². The van der Waals surface area contributed by atoms with E-state index < -0.39 is 0 Å². The Labute approximate surface area is 115 Å². The Morgan fingerprint density at radius 3 is 3.22 bits per heavy atom. The Morgan fingerprint density at radius 1 is 1.44 bits per heavy atom. The molecule has 5 heteroatoms. The summed E-state index contributed by atoms with van der Waals surface area (Å²) in [4.78, 5) is 1.32. The lowest BCUT2D eigenvalue weighted by molar-refractivity contribution is 0.361. The van der Waals surface area contributed by atoms with Gasteiger partial charge in [-0.3, -0.25) is 0 Å². The molecule has 1 aromatic carbocycles.